The highest BCUT2D eigenvalue weighted by atomic mass is 16.5. The van der Waals surface area contributed by atoms with Gasteiger partial charge in [-0.05, 0) is 12.1 Å². The molecule has 0 radical (unpaired) electrons. The van der Waals surface area contributed by atoms with E-state index in [4.69, 9.17) is 5.26 Å². The van der Waals surface area contributed by atoms with Crippen molar-refractivity contribution in [2.75, 3.05) is 7.11 Å². The standard InChI is InChI=1S/C9H8N2O2/c1-13-9(12)7-2-3-8(4-5-10)11-6-7/h2-3,6H,4H2,1H3. The number of ether oxygens (including phenoxy) is 1. The third-order valence-corrected chi connectivity index (χ3v) is 1.51. The van der Waals surface area contributed by atoms with E-state index in [1.54, 1.807) is 12.1 Å². The second-order valence-electron chi connectivity index (χ2n) is 2.36. The SMILES string of the molecule is COC(=O)c1ccc(CC#N)nc1. The number of aromatic nitrogens is 1. The maximum absolute atomic E-state index is 11.0. The molecule has 0 saturated heterocycles. The van der Waals surface area contributed by atoms with E-state index in [0.29, 0.717) is 11.3 Å². The molecule has 1 rings (SSSR count). The summed E-state index contributed by atoms with van der Waals surface area (Å²) in [5.74, 6) is -0.420. The lowest BCUT2D eigenvalue weighted by atomic mass is 10.2. The Morgan fingerprint density at radius 1 is 1.69 bits per heavy atom. The van der Waals surface area contributed by atoms with E-state index >= 15 is 0 Å². The molecule has 0 spiro atoms. The zero-order valence-corrected chi connectivity index (χ0v) is 7.15. The molecule has 13 heavy (non-hydrogen) atoms. The third kappa shape index (κ3) is 2.27. The van der Waals surface area contributed by atoms with Crippen molar-refractivity contribution in [1.82, 2.24) is 4.98 Å². The smallest absolute Gasteiger partial charge is 0.339 e. The fourth-order valence-electron chi connectivity index (χ4n) is 0.849. The summed E-state index contributed by atoms with van der Waals surface area (Å²) in [5, 5.41) is 8.36. The summed E-state index contributed by atoms with van der Waals surface area (Å²) >= 11 is 0. The molecular weight excluding hydrogens is 168 g/mol. The van der Waals surface area contributed by atoms with Crippen LogP contribution < -0.4 is 0 Å². The maximum Gasteiger partial charge on any atom is 0.339 e. The Bertz CT molecular complexity index is 338. The Morgan fingerprint density at radius 2 is 2.46 bits per heavy atom. The Hall–Kier alpha value is -1.89. The molecule has 0 unspecified atom stereocenters. The van der Waals surface area contributed by atoms with Crippen LogP contribution in [0.3, 0.4) is 0 Å². The topological polar surface area (TPSA) is 63.0 Å². The quantitative estimate of drug-likeness (QED) is 0.629. The van der Waals surface area contributed by atoms with Crippen molar-refractivity contribution in [3.63, 3.8) is 0 Å². The minimum atomic E-state index is -0.420. The van der Waals surface area contributed by atoms with Gasteiger partial charge in [0.15, 0.2) is 0 Å². The van der Waals surface area contributed by atoms with Crippen LogP contribution in [0.25, 0.3) is 0 Å². The van der Waals surface area contributed by atoms with Crippen LogP contribution in [0.5, 0.6) is 0 Å². The van der Waals surface area contributed by atoms with E-state index in [-0.39, 0.29) is 6.42 Å². The summed E-state index contributed by atoms with van der Waals surface area (Å²) in [6, 6.07) is 5.19. The van der Waals surface area contributed by atoms with Crippen molar-refractivity contribution in [2.45, 2.75) is 6.42 Å². The monoisotopic (exact) mass is 176 g/mol. The zero-order valence-electron chi connectivity index (χ0n) is 7.15. The zero-order chi connectivity index (χ0) is 9.68. The van der Waals surface area contributed by atoms with Crippen molar-refractivity contribution in [3.05, 3.63) is 29.6 Å². The molecule has 1 aromatic heterocycles. The Morgan fingerprint density at radius 3 is 2.92 bits per heavy atom. The Labute approximate surface area is 75.8 Å². The first-order valence-corrected chi connectivity index (χ1v) is 3.68. The van der Waals surface area contributed by atoms with E-state index in [2.05, 4.69) is 9.72 Å². The molecule has 66 valence electrons. The van der Waals surface area contributed by atoms with Crippen LogP contribution in [0.2, 0.25) is 0 Å². The number of hydrogen-bond acceptors (Lipinski definition) is 4. The van der Waals surface area contributed by atoms with Crippen LogP contribution in [0.15, 0.2) is 18.3 Å². The van der Waals surface area contributed by atoms with Crippen molar-refractivity contribution in [1.29, 1.82) is 5.26 Å². The molecule has 0 atom stereocenters. The lowest BCUT2D eigenvalue weighted by molar-refractivity contribution is 0.0600. The summed E-state index contributed by atoms with van der Waals surface area (Å²) in [6.45, 7) is 0. The highest BCUT2D eigenvalue weighted by Crippen LogP contribution is 2.01. The molecule has 0 N–H and O–H groups in total. The van der Waals surface area contributed by atoms with Crippen LogP contribution in [0.1, 0.15) is 16.1 Å². The second-order valence-corrected chi connectivity index (χ2v) is 2.36. The predicted molar refractivity (Wildman–Crippen MR) is 44.9 cm³/mol. The number of nitrogens with zero attached hydrogens (tertiary/aromatic N) is 2. The molecule has 0 saturated carbocycles. The molecule has 0 aliphatic rings. The van der Waals surface area contributed by atoms with Gasteiger partial charge in [-0.1, -0.05) is 0 Å². The summed E-state index contributed by atoms with van der Waals surface area (Å²) in [4.78, 5) is 14.9. The minimum absolute atomic E-state index is 0.251. The van der Waals surface area contributed by atoms with Crippen molar-refractivity contribution < 1.29 is 9.53 Å². The van der Waals surface area contributed by atoms with Gasteiger partial charge in [-0.25, -0.2) is 4.79 Å². The van der Waals surface area contributed by atoms with Gasteiger partial charge in [0.05, 0.1) is 30.9 Å². The average Bonchev–Trinajstić information content (AvgIpc) is 2.18. The maximum atomic E-state index is 11.0. The highest BCUT2D eigenvalue weighted by Gasteiger charge is 2.04. The van der Waals surface area contributed by atoms with E-state index in [1.807, 2.05) is 6.07 Å². The number of pyridine rings is 1. The average molecular weight is 176 g/mol. The minimum Gasteiger partial charge on any atom is -0.465 e. The van der Waals surface area contributed by atoms with Gasteiger partial charge >= 0.3 is 5.97 Å². The van der Waals surface area contributed by atoms with Crippen LogP contribution in [0, 0.1) is 11.3 Å². The lowest BCUT2D eigenvalue weighted by Gasteiger charge is -1.98. The summed E-state index contributed by atoms with van der Waals surface area (Å²) in [7, 11) is 1.31. The van der Waals surface area contributed by atoms with E-state index in [9.17, 15) is 4.79 Å². The van der Waals surface area contributed by atoms with Crippen LogP contribution in [-0.2, 0) is 11.2 Å². The molecule has 0 aliphatic carbocycles. The first-order valence-electron chi connectivity index (χ1n) is 3.68. The molecular formula is C9H8N2O2. The Balaban J connectivity index is 2.82. The number of rotatable bonds is 2. The van der Waals surface area contributed by atoms with E-state index < -0.39 is 5.97 Å². The predicted octanol–water partition coefficient (Wildman–Crippen LogP) is 0.934. The first kappa shape index (κ1) is 9.20. The normalized spacial score (nSPS) is 8.92. The molecule has 1 aromatic rings. The number of hydrogen-bond donors (Lipinski definition) is 0. The molecule has 0 amide bonds. The fourth-order valence-corrected chi connectivity index (χ4v) is 0.849. The van der Waals surface area contributed by atoms with Gasteiger partial charge in [0.25, 0.3) is 0 Å². The molecule has 4 nitrogen and oxygen atoms in total. The molecule has 0 aromatic carbocycles. The lowest BCUT2D eigenvalue weighted by Crippen LogP contribution is -2.02. The van der Waals surface area contributed by atoms with Crippen molar-refractivity contribution in [2.24, 2.45) is 0 Å². The molecule has 0 bridgehead atoms. The largest absolute Gasteiger partial charge is 0.465 e. The van der Waals surface area contributed by atoms with Gasteiger partial charge in [0.2, 0.25) is 0 Å². The third-order valence-electron chi connectivity index (χ3n) is 1.51. The number of carbonyl (C=O) groups is 1. The van der Waals surface area contributed by atoms with Gasteiger partial charge < -0.3 is 4.74 Å². The van der Waals surface area contributed by atoms with Crippen molar-refractivity contribution in [3.8, 4) is 6.07 Å². The first-order chi connectivity index (χ1) is 6.27. The van der Waals surface area contributed by atoms with Crippen LogP contribution in [-0.4, -0.2) is 18.1 Å². The number of carbonyl (C=O) groups excluding carboxylic acids is 1. The van der Waals surface area contributed by atoms with Gasteiger partial charge in [0.1, 0.15) is 0 Å². The van der Waals surface area contributed by atoms with Gasteiger partial charge in [0, 0.05) is 6.20 Å². The van der Waals surface area contributed by atoms with E-state index in [0.717, 1.165) is 0 Å². The fraction of sp³-hybridized carbons (Fsp3) is 0.222. The molecule has 0 fully saturated rings. The molecule has 1 heterocycles. The molecule has 4 heteroatoms. The Kier molecular flexibility index (Phi) is 2.98. The number of nitriles is 1. The van der Waals surface area contributed by atoms with Gasteiger partial charge in [-0.15, -0.1) is 0 Å². The highest BCUT2D eigenvalue weighted by molar-refractivity contribution is 5.88. The summed E-state index contributed by atoms with van der Waals surface area (Å²) in [6.07, 6.45) is 1.65. The van der Waals surface area contributed by atoms with E-state index in [1.165, 1.54) is 13.3 Å². The number of esters is 1. The van der Waals surface area contributed by atoms with Crippen LogP contribution in [0.4, 0.5) is 0 Å². The summed E-state index contributed by atoms with van der Waals surface area (Å²) in [5.41, 5.74) is 1.04. The van der Waals surface area contributed by atoms with Crippen molar-refractivity contribution >= 4 is 5.97 Å². The number of methoxy groups -OCH3 is 1. The summed E-state index contributed by atoms with van der Waals surface area (Å²) < 4.78 is 4.49. The second kappa shape index (κ2) is 4.21. The van der Waals surface area contributed by atoms with Gasteiger partial charge in [-0.3, -0.25) is 4.98 Å². The van der Waals surface area contributed by atoms with Crippen LogP contribution >= 0.6 is 0 Å². The molecule has 0 aliphatic heterocycles. The van der Waals surface area contributed by atoms with Gasteiger partial charge in [-0.2, -0.15) is 5.26 Å².